The van der Waals surface area contributed by atoms with E-state index < -0.39 is 8.32 Å². The van der Waals surface area contributed by atoms with E-state index in [1.807, 2.05) is 6.08 Å². The highest BCUT2D eigenvalue weighted by atomic mass is 28.4. The number of carbonyl (C=O) groups excluding carboxylic acids is 1. The molecule has 0 heterocycles. The SMILES string of the molecule is CC(C)(C)[Si](C)(C)OC1CCCC=CC1=O. The lowest BCUT2D eigenvalue weighted by Crippen LogP contribution is -2.45. The molecule has 0 aromatic carbocycles. The van der Waals surface area contributed by atoms with Crippen molar-refractivity contribution < 1.29 is 9.22 Å². The van der Waals surface area contributed by atoms with E-state index in [0.29, 0.717) is 0 Å². The van der Waals surface area contributed by atoms with Crippen LogP contribution in [0.15, 0.2) is 12.2 Å². The quantitative estimate of drug-likeness (QED) is 0.688. The molecule has 0 fully saturated rings. The van der Waals surface area contributed by atoms with E-state index in [4.69, 9.17) is 4.43 Å². The van der Waals surface area contributed by atoms with E-state index in [2.05, 4.69) is 33.9 Å². The van der Waals surface area contributed by atoms with Crippen molar-refractivity contribution in [3.05, 3.63) is 12.2 Å². The van der Waals surface area contributed by atoms with E-state index in [1.165, 1.54) is 0 Å². The molecule has 0 aromatic heterocycles. The highest BCUT2D eigenvalue weighted by Crippen LogP contribution is 2.38. The molecule has 1 rings (SSSR count). The fraction of sp³-hybridized carbons (Fsp3) is 0.769. The van der Waals surface area contributed by atoms with E-state index in [-0.39, 0.29) is 16.9 Å². The van der Waals surface area contributed by atoms with Crippen LogP contribution in [0.5, 0.6) is 0 Å². The fourth-order valence-corrected chi connectivity index (χ4v) is 2.82. The van der Waals surface area contributed by atoms with Gasteiger partial charge in [0, 0.05) is 0 Å². The van der Waals surface area contributed by atoms with Crippen molar-refractivity contribution in [3.63, 3.8) is 0 Å². The normalized spacial score (nSPS) is 23.3. The molecule has 0 N–H and O–H groups in total. The van der Waals surface area contributed by atoms with Crippen LogP contribution < -0.4 is 0 Å². The van der Waals surface area contributed by atoms with Crippen LogP contribution in [-0.4, -0.2) is 20.2 Å². The number of carbonyl (C=O) groups is 1. The van der Waals surface area contributed by atoms with Gasteiger partial charge in [-0.3, -0.25) is 4.79 Å². The van der Waals surface area contributed by atoms with E-state index in [0.717, 1.165) is 19.3 Å². The number of hydrogen-bond donors (Lipinski definition) is 0. The highest BCUT2D eigenvalue weighted by molar-refractivity contribution is 6.74. The minimum absolute atomic E-state index is 0.155. The first-order chi connectivity index (χ1) is 7.24. The Balaban J connectivity index is 2.72. The third kappa shape index (κ3) is 3.29. The van der Waals surface area contributed by atoms with Crippen LogP contribution in [0.4, 0.5) is 0 Å². The summed E-state index contributed by atoms with van der Waals surface area (Å²) in [4.78, 5) is 11.8. The summed E-state index contributed by atoms with van der Waals surface area (Å²) in [6.07, 6.45) is 6.41. The van der Waals surface area contributed by atoms with Crippen LogP contribution in [-0.2, 0) is 9.22 Å². The predicted molar refractivity (Wildman–Crippen MR) is 70.1 cm³/mol. The Morgan fingerprint density at radius 1 is 1.38 bits per heavy atom. The van der Waals surface area contributed by atoms with Crippen LogP contribution in [0.2, 0.25) is 18.1 Å². The molecule has 0 aromatic rings. The number of allylic oxidation sites excluding steroid dienone is 1. The molecule has 0 bridgehead atoms. The van der Waals surface area contributed by atoms with E-state index >= 15 is 0 Å². The molecule has 2 nitrogen and oxygen atoms in total. The molecule has 16 heavy (non-hydrogen) atoms. The molecule has 0 spiro atoms. The van der Waals surface area contributed by atoms with Gasteiger partial charge in [-0.2, -0.15) is 0 Å². The van der Waals surface area contributed by atoms with Crippen molar-refractivity contribution >= 4 is 14.1 Å². The molecule has 0 saturated heterocycles. The lowest BCUT2D eigenvalue weighted by Gasteiger charge is -2.38. The van der Waals surface area contributed by atoms with Gasteiger partial charge in [0.15, 0.2) is 14.1 Å². The minimum atomic E-state index is -1.81. The second-order valence-electron chi connectivity index (χ2n) is 6.10. The molecule has 1 aliphatic carbocycles. The van der Waals surface area contributed by atoms with Crippen molar-refractivity contribution in [2.45, 2.75) is 64.3 Å². The Morgan fingerprint density at radius 2 is 2.00 bits per heavy atom. The van der Waals surface area contributed by atoms with Crippen LogP contribution in [0.1, 0.15) is 40.0 Å². The minimum Gasteiger partial charge on any atom is -0.407 e. The van der Waals surface area contributed by atoms with Gasteiger partial charge in [0.25, 0.3) is 0 Å². The topological polar surface area (TPSA) is 26.3 Å². The summed E-state index contributed by atoms with van der Waals surface area (Å²) in [6.45, 7) is 11.0. The van der Waals surface area contributed by atoms with Gasteiger partial charge in [-0.05, 0) is 43.5 Å². The molecule has 1 atom stereocenters. The second kappa shape index (κ2) is 4.84. The van der Waals surface area contributed by atoms with Crippen molar-refractivity contribution in [3.8, 4) is 0 Å². The highest BCUT2D eigenvalue weighted by Gasteiger charge is 2.40. The van der Waals surface area contributed by atoms with Crippen LogP contribution in [0.25, 0.3) is 0 Å². The maximum absolute atomic E-state index is 11.8. The summed E-state index contributed by atoms with van der Waals surface area (Å²) in [7, 11) is -1.81. The van der Waals surface area contributed by atoms with Crippen molar-refractivity contribution in [1.82, 2.24) is 0 Å². The Hall–Kier alpha value is -0.413. The summed E-state index contributed by atoms with van der Waals surface area (Å²) >= 11 is 0. The van der Waals surface area contributed by atoms with Crippen LogP contribution in [0.3, 0.4) is 0 Å². The monoisotopic (exact) mass is 240 g/mol. The lowest BCUT2D eigenvalue weighted by molar-refractivity contribution is -0.121. The average Bonchev–Trinajstić information content (AvgIpc) is 2.30. The Bertz CT molecular complexity index is 287. The number of rotatable bonds is 2. The van der Waals surface area contributed by atoms with Gasteiger partial charge in [-0.25, -0.2) is 0 Å². The van der Waals surface area contributed by atoms with Gasteiger partial charge in [-0.15, -0.1) is 0 Å². The fourth-order valence-electron chi connectivity index (χ4n) is 1.52. The molecule has 0 amide bonds. The maximum atomic E-state index is 11.8. The molecule has 1 unspecified atom stereocenters. The summed E-state index contributed by atoms with van der Waals surface area (Å²) < 4.78 is 6.17. The van der Waals surface area contributed by atoms with Crippen molar-refractivity contribution in [1.29, 1.82) is 0 Å². The average molecular weight is 240 g/mol. The number of hydrogen-bond acceptors (Lipinski definition) is 2. The Labute approximate surface area is 100 Å². The molecule has 1 aliphatic rings. The third-order valence-electron chi connectivity index (χ3n) is 3.68. The largest absolute Gasteiger partial charge is 0.407 e. The summed E-state index contributed by atoms with van der Waals surface area (Å²) in [6, 6.07) is 0. The molecule has 0 saturated carbocycles. The molecule has 0 aliphatic heterocycles. The summed E-state index contributed by atoms with van der Waals surface area (Å²) in [5, 5.41) is 0.170. The van der Waals surface area contributed by atoms with Gasteiger partial charge in [0.2, 0.25) is 0 Å². The van der Waals surface area contributed by atoms with Gasteiger partial charge in [0.05, 0.1) is 0 Å². The predicted octanol–water partition coefficient (Wildman–Crippen LogP) is 3.69. The number of ketones is 1. The zero-order valence-corrected chi connectivity index (χ0v) is 12.2. The van der Waals surface area contributed by atoms with Gasteiger partial charge < -0.3 is 4.43 Å². The molecular formula is C13H24O2Si. The Morgan fingerprint density at radius 3 is 2.56 bits per heavy atom. The second-order valence-corrected chi connectivity index (χ2v) is 10.9. The van der Waals surface area contributed by atoms with Gasteiger partial charge in [0.1, 0.15) is 6.10 Å². The zero-order chi connectivity index (χ0) is 12.4. The molecular weight excluding hydrogens is 216 g/mol. The lowest BCUT2D eigenvalue weighted by atomic mass is 10.1. The summed E-state index contributed by atoms with van der Waals surface area (Å²) in [5.74, 6) is 0.155. The molecule has 0 radical (unpaired) electrons. The molecule has 3 heteroatoms. The summed E-state index contributed by atoms with van der Waals surface area (Å²) in [5.41, 5.74) is 0. The molecule has 92 valence electrons. The van der Waals surface area contributed by atoms with Crippen molar-refractivity contribution in [2.24, 2.45) is 0 Å². The van der Waals surface area contributed by atoms with Crippen molar-refractivity contribution in [2.75, 3.05) is 0 Å². The van der Waals surface area contributed by atoms with Crippen LogP contribution in [0, 0.1) is 0 Å². The Kier molecular flexibility index (Phi) is 4.13. The van der Waals surface area contributed by atoms with Gasteiger partial charge in [-0.1, -0.05) is 26.8 Å². The van der Waals surface area contributed by atoms with E-state index in [1.54, 1.807) is 6.08 Å². The zero-order valence-electron chi connectivity index (χ0n) is 11.2. The maximum Gasteiger partial charge on any atom is 0.193 e. The first-order valence-electron chi connectivity index (χ1n) is 6.12. The standard InChI is InChI=1S/C13H24O2Si/c1-13(2,3)16(4,5)15-12-10-8-6-7-9-11(12)14/h7,9,12H,6,8,10H2,1-5H3. The smallest absolute Gasteiger partial charge is 0.193 e. The van der Waals surface area contributed by atoms with Gasteiger partial charge >= 0.3 is 0 Å². The van der Waals surface area contributed by atoms with Crippen LogP contribution >= 0.6 is 0 Å². The first-order valence-corrected chi connectivity index (χ1v) is 9.03. The third-order valence-corrected chi connectivity index (χ3v) is 8.17. The van der Waals surface area contributed by atoms with E-state index in [9.17, 15) is 4.79 Å². The first kappa shape index (κ1) is 13.7.